The summed E-state index contributed by atoms with van der Waals surface area (Å²) in [4.78, 5) is 11.8. The third kappa shape index (κ3) is 4.04. The van der Waals surface area contributed by atoms with Gasteiger partial charge in [-0.2, -0.15) is 0 Å². The minimum atomic E-state index is -0.494. The van der Waals surface area contributed by atoms with Crippen LogP contribution in [0.5, 0.6) is 0 Å². The Morgan fingerprint density at radius 2 is 1.84 bits per heavy atom. The number of carbonyl (C=O) groups excluding carboxylic acids is 1. The van der Waals surface area contributed by atoms with Crippen LogP contribution >= 0.6 is 15.9 Å². The highest BCUT2D eigenvalue weighted by Crippen LogP contribution is 2.23. The van der Waals surface area contributed by atoms with Gasteiger partial charge in [0, 0.05) is 22.1 Å². The van der Waals surface area contributed by atoms with Crippen molar-refractivity contribution in [2.75, 3.05) is 5.32 Å². The van der Waals surface area contributed by atoms with Gasteiger partial charge in [0.05, 0.1) is 0 Å². The standard InChI is InChI=1S/C15H17BrN2O/c1-15(2,17)9-14(19)18-13-6-4-10-7-12(16)5-3-11(10)8-13/h3-8H,9,17H2,1-2H3,(H,18,19). The van der Waals surface area contributed by atoms with Gasteiger partial charge < -0.3 is 11.1 Å². The highest BCUT2D eigenvalue weighted by atomic mass is 79.9. The van der Waals surface area contributed by atoms with Gasteiger partial charge in [-0.3, -0.25) is 4.79 Å². The van der Waals surface area contributed by atoms with Crippen LogP contribution in [0.4, 0.5) is 5.69 Å². The molecule has 3 N–H and O–H groups in total. The number of carbonyl (C=O) groups is 1. The Labute approximate surface area is 121 Å². The highest BCUT2D eigenvalue weighted by molar-refractivity contribution is 9.10. The number of fused-ring (bicyclic) bond motifs is 1. The topological polar surface area (TPSA) is 55.1 Å². The molecule has 2 aromatic rings. The zero-order valence-corrected chi connectivity index (χ0v) is 12.6. The molecule has 0 saturated carbocycles. The number of rotatable bonds is 3. The Hall–Kier alpha value is -1.39. The summed E-state index contributed by atoms with van der Waals surface area (Å²) in [5.74, 6) is -0.0658. The van der Waals surface area contributed by atoms with E-state index >= 15 is 0 Å². The number of amides is 1. The Kier molecular flexibility index (Phi) is 3.92. The molecule has 4 heteroatoms. The smallest absolute Gasteiger partial charge is 0.226 e. The predicted octanol–water partition coefficient (Wildman–Crippen LogP) is 3.67. The number of nitrogens with two attached hydrogens (primary N) is 1. The second kappa shape index (κ2) is 5.31. The highest BCUT2D eigenvalue weighted by Gasteiger charge is 2.16. The molecule has 1 amide bonds. The van der Waals surface area contributed by atoms with Gasteiger partial charge in [-0.15, -0.1) is 0 Å². The maximum Gasteiger partial charge on any atom is 0.226 e. The fraction of sp³-hybridized carbons (Fsp3) is 0.267. The van der Waals surface area contributed by atoms with Gasteiger partial charge in [-0.05, 0) is 48.9 Å². The van der Waals surface area contributed by atoms with Crippen LogP contribution in [0.25, 0.3) is 10.8 Å². The quantitative estimate of drug-likeness (QED) is 0.906. The third-order valence-electron chi connectivity index (χ3n) is 2.70. The monoisotopic (exact) mass is 320 g/mol. The minimum absolute atomic E-state index is 0.0658. The summed E-state index contributed by atoms with van der Waals surface area (Å²) in [6.45, 7) is 3.68. The summed E-state index contributed by atoms with van der Waals surface area (Å²) >= 11 is 3.44. The fourth-order valence-electron chi connectivity index (χ4n) is 1.91. The van der Waals surface area contributed by atoms with E-state index in [9.17, 15) is 4.79 Å². The molecule has 2 rings (SSSR count). The molecule has 0 spiro atoms. The lowest BCUT2D eigenvalue weighted by atomic mass is 10.0. The van der Waals surface area contributed by atoms with E-state index in [-0.39, 0.29) is 5.91 Å². The number of hydrogen-bond donors (Lipinski definition) is 2. The number of halogens is 1. The van der Waals surface area contributed by atoms with Crippen LogP contribution in [-0.2, 0) is 4.79 Å². The summed E-state index contributed by atoms with van der Waals surface area (Å²) in [7, 11) is 0. The molecule has 0 radical (unpaired) electrons. The van der Waals surface area contributed by atoms with Gasteiger partial charge in [0.1, 0.15) is 0 Å². The van der Waals surface area contributed by atoms with E-state index in [0.29, 0.717) is 6.42 Å². The number of hydrogen-bond acceptors (Lipinski definition) is 2. The molecule has 0 unspecified atom stereocenters. The molecule has 0 heterocycles. The summed E-state index contributed by atoms with van der Waals surface area (Å²) < 4.78 is 1.04. The van der Waals surface area contributed by atoms with Gasteiger partial charge in [0.2, 0.25) is 5.91 Å². The van der Waals surface area contributed by atoms with Crippen molar-refractivity contribution in [3.05, 3.63) is 40.9 Å². The van der Waals surface area contributed by atoms with Crippen molar-refractivity contribution in [3.63, 3.8) is 0 Å². The van der Waals surface area contributed by atoms with E-state index < -0.39 is 5.54 Å². The van der Waals surface area contributed by atoms with Crippen LogP contribution in [0.15, 0.2) is 40.9 Å². The summed E-state index contributed by atoms with van der Waals surface area (Å²) in [5, 5.41) is 5.10. The summed E-state index contributed by atoms with van der Waals surface area (Å²) in [6, 6.07) is 11.9. The SMILES string of the molecule is CC(C)(N)CC(=O)Nc1ccc2cc(Br)ccc2c1. The van der Waals surface area contributed by atoms with Crippen LogP contribution in [0.1, 0.15) is 20.3 Å². The number of anilines is 1. The fourth-order valence-corrected chi connectivity index (χ4v) is 2.29. The van der Waals surface area contributed by atoms with Crippen molar-refractivity contribution in [3.8, 4) is 0 Å². The van der Waals surface area contributed by atoms with E-state index in [0.717, 1.165) is 20.9 Å². The van der Waals surface area contributed by atoms with Gasteiger partial charge >= 0.3 is 0 Å². The second-order valence-corrected chi connectivity index (χ2v) is 6.34. The molecule has 19 heavy (non-hydrogen) atoms. The minimum Gasteiger partial charge on any atom is -0.326 e. The lowest BCUT2D eigenvalue weighted by Crippen LogP contribution is -2.36. The van der Waals surface area contributed by atoms with Crippen molar-refractivity contribution in [2.24, 2.45) is 5.73 Å². The van der Waals surface area contributed by atoms with E-state index in [1.807, 2.05) is 50.2 Å². The van der Waals surface area contributed by atoms with Gasteiger partial charge in [0.25, 0.3) is 0 Å². The Balaban J connectivity index is 2.18. The van der Waals surface area contributed by atoms with Gasteiger partial charge in [0.15, 0.2) is 0 Å². The van der Waals surface area contributed by atoms with Gasteiger partial charge in [-0.1, -0.05) is 28.1 Å². The maximum absolute atomic E-state index is 11.8. The lowest BCUT2D eigenvalue weighted by molar-refractivity contribution is -0.117. The largest absolute Gasteiger partial charge is 0.326 e. The van der Waals surface area contributed by atoms with Crippen molar-refractivity contribution >= 4 is 38.3 Å². The lowest BCUT2D eigenvalue weighted by Gasteiger charge is -2.17. The van der Waals surface area contributed by atoms with E-state index in [2.05, 4.69) is 21.2 Å². The first-order valence-corrected chi connectivity index (χ1v) is 6.91. The molecule has 3 nitrogen and oxygen atoms in total. The van der Waals surface area contributed by atoms with Crippen LogP contribution in [0.3, 0.4) is 0 Å². The van der Waals surface area contributed by atoms with Crippen LogP contribution < -0.4 is 11.1 Å². The first-order valence-electron chi connectivity index (χ1n) is 6.11. The second-order valence-electron chi connectivity index (χ2n) is 5.42. The van der Waals surface area contributed by atoms with Crippen LogP contribution in [0, 0.1) is 0 Å². The third-order valence-corrected chi connectivity index (χ3v) is 3.20. The van der Waals surface area contributed by atoms with Gasteiger partial charge in [-0.25, -0.2) is 0 Å². The molecule has 0 saturated heterocycles. The zero-order chi connectivity index (χ0) is 14.0. The molecular formula is C15H17BrN2O. The predicted molar refractivity (Wildman–Crippen MR) is 83.2 cm³/mol. The molecule has 2 aromatic carbocycles. The average molecular weight is 321 g/mol. The normalized spacial score (nSPS) is 11.6. The molecule has 0 bridgehead atoms. The number of benzene rings is 2. The summed E-state index contributed by atoms with van der Waals surface area (Å²) in [5.41, 5.74) is 6.13. The van der Waals surface area contributed by atoms with Crippen molar-refractivity contribution < 1.29 is 4.79 Å². The maximum atomic E-state index is 11.8. The van der Waals surface area contributed by atoms with Crippen molar-refractivity contribution in [1.29, 1.82) is 0 Å². The molecule has 0 fully saturated rings. The Morgan fingerprint density at radius 3 is 2.53 bits per heavy atom. The first-order chi connectivity index (χ1) is 8.83. The van der Waals surface area contributed by atoms with E-state index in [1.54, 1.807) is 0 Å². The van der Waals surface area contributed by atoms with E-state index in [1.165, 1.54) is 0 Å². The van der Waals surface area contributed by atoms with E-state index in [4.69, 9.17) is 5.73 Å². The zero-order valence-electron chi connectivity index (χ0n) is 11.0. The Bertz CT molecular complexity index is 617. The molecule has 100 valence electrons. The van der Waals surface area contributed by atoms with Crippen molar-refractivity contribution in [2.45, 2.75) is 25.8 Å². The molecular weight excluding hydrogens is 304 g/mol. The molecule has 0 aromatic heterocycles. The molecule has 0 aliphatic carbocycles. The molecule has 0 aliphatic rings. The Morgan fingerprint density at radius 1 is 1.21 bits per heavy atom. The van der Waals surface area contributed by atoms with Crippen LogP contribution in [0.2, 0.25) is 0 Å². The molecule has 0 aliphatic heterocycles. The summed E-state index contributed by atoms with van der Waals surface area (Å²) in [6.07, 6.45) is 0.297. The average Bonchev–Trinajstić information content (AvgIpc) is 2.26. The van der Waals surface area contributed by atoms with Crippen molar-refractivity contribution in [1.82, 2.24) is 0 Å². The van der Waals surface area contributed by atoms with Crippen LogP contribution in [-0.4, -0.2) is 11.4 Å². The first kappa shape index (κ1) is 14.0. The molecule has 0 atom stereocenters. The number of nitrogens with one attached hydrogen (secondary N) is 1.